The Morgan fingerprint density at radius 3 is 2.59 bits per heavy atom. The van der Waals surface area contributed by atoms with Crippen molar-refractivity contribution in [1.29, 1.82) is 0 Å². The van der Waals surface area contributed by atoms with E-state index in [-0.39, 0.29) is 12.6 Å². The highest BCUT2D eigenvalue weighted by molar-refractivity contribution is 6.03. The highest BCUT2D eigenvalue weighted by atomic mass is 16.3. The van der Waals surface area contributed by atoms with Crippen LogP contribution in [0.5, 0.6) is 0 Å². The summed E-state index contributed by atoms with van der Waals surface area (Å²) in [6, 6.07) is 14.4. The minimum absolute atomic E-state index is 0.0493. The Bertz CT molecular complexity index is 688. The molecule has 0 aromatic heterocycles. The molecule has 1 aliphatic carbocycles. The van der Waals surface area contributed by atoms with Crippen LogP contribution >= 0.6 is 0 Å². The van der Waals surface area contributed by atoms with Gasteiger partial charge in [-0.2, -0.15) is 0 Å². The number of benzene rings is 2. The van der Waals surface area contributed by atoms with Crippen molar-refractivity contribution in [1.82, 2.24) is 0 Å². The molecule has 0 fully saturated rings. The molecule has 1 aliphatic rings. The summed E-state index contributed by atoms with van der Waals surface area (Å²) < 4.78 is 0. The Morgan fingerprint density at radius 2 is 1.86 bits per heavy atom. The van der Waals surface area contributed by atoms with Crippen LogP contribution in [0.1, 0.15) is 46.7 Å². The van der Waals surface area contributed by atoms with Crippen molar-refractivity contribution in [3.8, 4) is 0 Å². The molecule has 114 valence electrons. The number of aliphatic hydroxyl groups is 1. The average molecular weight is 293 g/mol. The molecule has 0 heterocycles. The summed E-state index contributed by atoms with van der Waals surface area (Å²) in [4.78, 5) is 4.91. The molecular weight excluding hydrogens is 270 g/mol. The van der Waals surface area contributed by atoms with E-state index in [1.165, 1.54) is 22.3 Å². The Balaban J connectivity index is 2.03. The van der Waals surface area contributed by atoms with E-state index in [1.807, 2.05) is 30.3 Å². The highest BCUT2D eigenvalue weighted by Crippen LogP contribution is 2.28. The first kappa shape index (κ1) is 15.0. The Morgan fingerprint density at radius 1 is 1.09 bits per heavy atom. The molecule has 0 aliphatic heterocycles. The number of hydrogen-bond acceptors (Lipinski definition) is 2. The second kappa shape index (κ2) is 6.45. The SMILES string of the molecule is Cc1cc(C)c2c(c1)/C(=N/[C@H](CO)c1ccccc1)CCC2. The normalized spacial score (nSPS) is 17.3. The summed E-state index contributed by atoms with van der Waals surface area (Å²) in [7, 11) is 0. The van der Waals surface area contributed by atoms with Gasteiger partial charge >= 0.3 is 0 Å². The lowest BCUT2D eigenvalue weighted by Crippen LogP contribution is -2.16. The van der Waals surface area contributed by atoms with Gasteiger partial charge in [-0.1, -0.05) is 42.0 Å². The molecule has 1 atom stereocenters. The van der Waals surface area contributed by atoms with Crippen LogP contribution in [0, 0.1) is 13.8 Å². The number of hydrogen-bond donors (Lipinski definition) is 1. The molecule has 3 rings (SSSR count). The zero-order valence-corrected chi connectivity index (χ0v) is 13.3. The molecule has 0 unspecified atom stereocenters. The summed E-state index contributed by atoms with van der Waals surface area (Å²) in [5.41, 5.74) is 7.59. The smallest absolute Gasteiger partial charge is 0.0983 e. The van der Waals surface area contributed by atoms with Crippen molar-refractivity contribution in [2.24, 2.45) is 4.99 Å². The van der Waals surface area contributed by atoms with Crippen molar-refractivity contribution >= 4 is 5.71 Å². The largest absolute Gasteiger partial charge is 0.394 e. The summed E-state index contributed by atoms with van der Waals surface area (Å²) in [5.74, 6) is 0. The van der Waals surface area contributed by atoms with Crippen LogP contribution in [-0.2, 0) is 6.42 Å². The van der Waals surface area contributed by atoms with Crippen LogP contribution in [-0.4, -0.2) is 17.4 Å². The first-order valence-corrected chi connectivity index (χ1v) is 8.02. The summed E-state index contributed by atoms with van der Waals surface area (Å²) in [6.07, 6.45) is 3.28. The van der Waals surface area contributed by atoms with Gasteiger partial charge in [0.25, 0.3) is 0 Å². The number of nitrogens with zero attached hydrogens (tertiary/aromatic N) is 1. The van der Waals surface area contributed by atoms with Gasteiger partial charge in [0.2, 0.25) is 0 Å². The maximum Gasteiger partial charge on any atom is 0.0983 e. The van der Waals surface area contributed by atoms with Crippen LogP contribution in [0.4, 0.5) is 0 Å². The topological polar surface area (TPSA) is 32.6 Å². The van der Waals surface area contributed by atoms with Gasteiger partial charge in [-0.25, -0.2) is 0 Å². The standard InChI is InChI=1S/C20H23NO/c1-14-11-15(2)17-9-6-10-19(18(17)12-14)21-20(13-22)16-7-4-3-5-8-16/h3-5,7-8,11-12,20,22H,6,9-10,13H2,1-2H3/b21-19+/t20-/m1/s1. The lowest BCUT2D eigenvalue weighted by Gasteiger charge is -2.22. The Kier molecular flexibility index (Phi) is 4.39. The van der Waals surface area contributed by atoms with E-state index in [1.54, 1.807) is 0 Å². The zero-order valence-electron chi connectivity index (χ0n) is 13.3. The molecule has 2 aromatic carbocycles. The first-order valence-electron chi connectivity index (χ1n) is 8.02. The second-order valence-corrected chi connectivity index (χ2v) is 6.15. The van der Waals surface area contributed by atoms with Crippen molar-refractivity contribution in [2.45, 2.75) is 39.2 Å². The lowest BCUT2D eigenvalue weighted by atomic mass is 9.85. The minimum atomic E-state index is -0.164. The summed E-state index contributed by atoms with van der Waals surface area (Å²) >= 11 is 0. The third-order valence-electron chi connectivity index (χ3n) is 4.44. The zero-order chi connectivity index (χ0) is 15.5. The van der Waals surface area contributed by atoms with E-state index in [0.717, 1.165) is 30.5 Å². The number of fused-ring (bicyclic) bond motifs is 1. The van der Waals surface area contributed by atoms with Gasteiger partial charge in [-0.05, 0) is 61.4 Å². The number of rotatable bonds is 3. The van der Waals surface area contributed by atoms with E-state index >= 15 is 0 Å². The molecule has 0 amide bonds. The minimum Gasteiger partial charge on any atom is -0.394 e. The van der Waals surface area contributed by atoms with Crippen LogP contribution < -0.4 is 0 Å². The molecule has 1 N–H and O–H groups in total. The van der Waals surface area contributed by atoms with Gasteiger partial charge in [0.15, 0.2) is 0 Å². The second-order valence-electron chi connectivity index (χ2n) is 6.15. The molecule has 2 nitrogen and oxygen atoms in total. The van der Waals surface area contributed by atoms with E-state index in [4.69, 9.17) is 4.99 Å². The average Bonchev–Trinajstić information content (AvgIpc) is 2.53. The molecule has 2 aromatic rings. The molecule has 0 saturated heterocycles. The summed E-state index contributed by atoms with van der Waals surface area (Å²) in [6.45, 7) is 4.38. The van der Waals surface area contributed by atoms with E-state index < -0.39 is 0 Å². The molecule has 0 saturated carbocycles. The van der Waals surface area contributed by atoms with Crippen LogP contribution in [0.15, 0.2) is 47.5 Å². The van der Waals surface area contributed by atoms with Crippen LogP contribution in [0.3, 0.4) is 0 Å². The highest BCUT2D eigenvalue weighted by Gasteiger charge is 2.19. The molecule has 0 spiro atoms. The summed E-state index contributed by atoms with van der Waals surface area (Å²) in [5, 5.41) is 9.76. The Labute approximate surface area is 132 Å². The van der Waals surface area contributed by atoms with E-state index in [9.17, 15) is 5.11 Å². The van der Waals surface area contributed by atoms with Gasteiger partial charge in [0.1, 0.15) is 0 Å². The lowest BCUT2D eigenvalue weighted by molar-refractivity contribution is 0.269. The van der Waals surface area contributed by atoms with Gasteiger partial charge in [-0.3, -0.25) is 4.99 Å². The van der Waals surface area contributed by atoms with E-state index in [2.05, 4.69) is 26.0 Å². The molecule has 0 radical (unpaired) electrons. The maximum atomic E-state index is 9.76. The van der Waals surface area contributed by atoms with Crippen LogP contribution in [0.25, 0.3) is 0 Å². The third-order valence-corrected chi connectivity index (χ3v) is 4.44. The van der Waals surface area contributed by atoms with Crippen LogP contribution in [0.2, 0.25) is 0 Å². The van der Waals surface area contributed by atoms with E-state index in [0.29, 0.717) is 0 Å². The van der Waals surface area contributed by atoms with Gasteiger partial charge in [0.05, 0.1) is 12.6 Å². The van der Waals surface area contributed by atoms with Gasteiger partial charge in [0, 0.05) is 5.71 Å². The number of aryl methyl sites for hydroxylation is 2. The van der Waals surface area contributed by atoms with Crippen molar-refractivity contribution < 1.29 is 5.11 Å². The molecular formula is C20H23NO. The Hall–Kier alpha value is -1.93. The van der Waals surface area contributed by atoms with Gasteiger partial charge < -0.3 is 5.11 Å². The van der Waals surface area contributed by atoms with Crippen molar-refractivity contribution in [3.05, 3.63) is 70.3 Å². The quantitative estimate of drug-likeness (QED) is 0.905. The van der Waals surface area contributed by atoms with Crippen molar-refractivity contribution in [3.63, 3.8) is 0 Å². The maximum absolute atomic E-state index is 9.76. The first-order chi connectivity index (χ1) is 10.7. The van der Waals surface area contributed by atoms with Gasteiger partial charge in [-0.15, -0.1) is 0 Å². The fourth-order valence-electron chi connectivity index (χ4n) is 3.37. The monoisotopic (exact) mass is 293 g/mol. The number of aliphatic hydroxyl groups excluding tert-OH is 1. The fourth-order valence-corrected chi connectivity index (χ4v) is 3.37. The van der Waals surface area contributed by atoms with Crippen molar-refractivity contribution in [2.75, 3.05) is 6.61 Å². The fraction of sp³-hybridized carbons (Fsp3) is 0.350. The predicted molar refractivity (Wildman–Crippen MR) is 91.7 cm³/mol. The third kappa shape index (κ3) is 2.97. The molecule has 0 bridgehead atoms. The predicted octanol–water partition coefficient (Wildman–Crippen LogP) is 4.16. The molecule has 22 heavy (non-hydrogen) atoms. The number of aliphatic imine (C=N–C) groups is 1. The molecule has 2 heteroatoms.